The Labute approximate surface area is 76.6 Å². The fourth-order valence-corrected chi connectivity index (χ4v) is 1.14. The lowest BCUT2D eigenvalue weighted by molar-refractivity contribution is 0.535. The van der Waals surface area contributed by atoms with E-state index in [1.54, 1.807) is 0 Å². The summed E-state index contributed by atoms with van der Waals surface area (Å²) in [6, 6.07) is 10.7. The first-order valence-electron chi connectivity index (χ1n) is 4.26. The van der Waals surface area contributed by atoms with Crippen LogP contribution in [0, 0.1) is 5.92 Å². The van der Waals surface area contributed by atoms with Crippen molar-refractivity contribution >= 4 is 0 Å². The fraction of sp³-hybridized carbons (Fsp3) is 0.500. The van der Waals surface area contributed by atoms with Crippen molar-refractivity contribution in [2.75, 3.05) is 0 Å². The Morgan fingerprint density at radius 3 is 1.83 bits per heavy atom. The van der Waals surface area contributed by atoms with Crippen LogP contribution in [0.3, 0.4) is 0 Å². The normalized spacial score (nSPS) is 12.3. The molecule has 0 bridgehead atoms. The van der Waals surface area contributed by atoms with Gasteiger partial charge in [-0.1, -0.05) is 58.5 Å². The van der Waals surface area contributed by atoms with Gasteiger partial charge in [0.05, 0.1) is 0 Å². The van der Waals surface area contributed by atoms with E-state index in [2.05, 4.69) is 51.1 Å². The van der Waals surface area contributed by atoms with E-state index in [1.165, 1.54) is 5.56 Å². The van der Waals surface area contributed by atoms with Crippen LogP contribution in [0.25, 0.3) is 0 Å². The van der Waals surface area contributed by atoms with Gasteiger partial charge in [-0.05, 0) is 17.4 Å². The third kappa shape index (κ3) is 2.69. The molecule has 68 valence electrons. The average Bonchev–Trinajstić information content (AvgIpc) is 2.05. The summed E-state index contributed by atoms with van der Waals surface area (Å²) >= 11 is 0. The third-order valence-corrected chi connectivity index (χ3v) is 2.33. The molecule has 0 aromatic heterocycles. The Balaban J connectivity index is 0.00000121. The van der Waals surface area contributed by atoms with E-state index in [0.29, 0.717) is 5.92 Å². The molecule has 0 unspecified atom stereocenters. The second-order valence-electron chi connectivity index (χ2n) is 3.44. The van der Waals surface area contributed by atoms with E-state index in [9.17, 15) is 0 Å². The molecule has 12 heavy (non-hydrogen) atoms. The van der Waals surface area contributed by atoms with Crippen LogP contribution in [0.2, 0.25) is 0 Å². The molecule has 1 aromatic rings. The highest BCUT2D eigenvalue weighted by Gasteiger charge is 2.07. The van der Waals surface area contributed by atoms with Crippen LogP contribution in [0.1, 0.15) is 39.7 Å². The molecule has 1 atom stereocenters. The monoisotopic (exact) mass is 164 g/mol. The number of hydrogen-bond donors (Lipinski definition) is 0. The smallest absolute Gasteiger partial charge is 0.0167 e. The van der Waals surface area contributed by atoms with Crippen molar-refractivity contribution in [2.24, 2.45) is 5.92 Å². The Hall–Kier alpha value is -0.780. The predicted octanol–water partition coefficient (Wildman–Crippen LogP) is 4.08. The minimum Gasteiger partial charge on any atom is -0.0776 e. The van der Waals surface area contributed by atoms with Gasteiger partial charge in [0.25, 0.3) is 0 Å². The largest absolute Gasteiger partial charge is 0.0776 e. The maximum atomic E-state index is 2.28. The van der Waals surface area contributed by atoms with Gasteiger partial charge in [0.2, 0.25) is 0 Å². The summed E-state index contributed by atoms with van der Waals surface area (Å²) < 4.78 is 0. The molecule has 0 N–H and O–H groups in total. The lowest BCUT2D eigenvalue weighted by Crippen LogP contribution is -2.00. The van der Waals surface area contributed by atoms with E-state index in [1.807, 2.05) is 0 Å². The summed E-state index contributed by atoms with van der Waals surface area (Å²) in [5.74, 6) is 1.41. The van der Waals surface area contributed by atoms with Gasteiger partial charge in [-0.2, -0.15) is 0 Å². The van der Waals surface area contributed by atoms with Crippen molar-refractivity contribution in [1.82, 2.24) is 0 Å². The van der Waals surface area contributed by atoms with Gasteiger partial charge >= 0.3 is 0 Å². The lowest BCUT2D eigenvalue weighted by atomic mass is 9.91. The van der Waals surface area contributed by atoms with Crippen molar-refractivity contribution in [1.29, 1.82) is 0 Å². The third-order valence-electron chi connectivity index (χ3n) is 2.33. The zero-order valence-electron chi connectivity index (χ0n) is 7.54. The molecule has 0 amide bonds. The molecule has 0 fully saturated rings. The van der Waals surface area contributed by atoms with Gasteiger partial charge in [-0.15, -0.1) is 0 Å². The first kappa shape index (κ1) is 11.2. The van der Waals surface area contributed by atoms with Crippen LogP contribution in [0.15, 0.2) is 30.3 Å². The molecule has 0 nitrogen and oxygen atoms in total. The summed E-state index contributed by atoms with van der Waals surface area (Å²) in [7, 11) is 0. The molecule has 0 saturated carbocycles. The fourth-order valence-electron chi connectivity index (χ4n) is 1.14. The first-order valence-corrected chi connectivity index (χ1v) is 4.26. The molecule has 0 spiro atoms. The molecule has 0 aliphatic carbocycles. The SMILES string of the molecule is C.CC(C)[C@H](C)c1ccccc1. The lowest BCUT2D eigenvalue weighted by Gasteiger charge is -2.15. The second kappa shape index (κ2) is 4.97. The van der Waals surface area contributed by atoms with E-state index in [-0.39, 0.29) is 7.43 Å². The van der Waals surface area contributed by atoms with Crippen LogP contribution in [0.4, 0.5) is 0 Å². The average molecular weight is 164 g/mol. The van der Waals surface area contributed by atoms with Crippen LogP contribution < -0.4 is 0 Å². The topological polar surface area (TPSA) is 0 Å². The molecule has 0 radical (unpaired) electrons. The number of hydrogen-bond acceptors (Lipinski definition) is 0. The molecular formula is C12H20. The summed E-state index contributed by atoms with van der Waals surface area (Å²) in [4.78, 5) is 0. The maximum Gasteiger partial charge on any atom is -0.0167 e. The van der Waals surface area contributed by atoms with Gasteiger partial charge in [-0.3, -0.25) is 0 Å². The zero-order valence-corrected chi connectivity index (χ0v) is 7.54. The zero-order chi connectivity index (χ0) is 8.27. The van der Waals surface area contributed by atoms with Crippen LogP contribution in [0.5, 0.6) is 0 Å². The van der Waals surface area contributed by atoms with Crippen LogP contribution in [-0.4, -0.2) is 0 Å². The Morgan fingerprint density at radius 2 is 1.42 bits per heavy atom. The molecule has 0 aliphatic rings. The van der Waals surface area contributed by atoms with E-state index >= 15 is 0 Å². The van der Waals surface area contributed by atoms with E-state index in [0.717, 1.165) is 5.92 Å². The maximum absolute atomic E-state index is 2.28. The Kier molecular flexibility index (Phi) is 4.65. The number of benzene rings is 1. The molecule has 0 heteroatoms. The molecule has 1 rings (SSSR count). The minimum atomic E-state index is 0. The quantitative estimate of drug-likeness (QED) is 0.617. The highest BCUT2D eigenvalue weighted by molar-refractivity contribution is 5.18. The highest BCUT2D eigenvalue weighted by Crippen LogP contribution is 2.22. The highest BCUT2D eigenvalue weighted by atomic mass is 14.1. The van der Waals surface area contributed by atoms with Crippen molar-refractivity contribution in [3.05, 3.63) is 35.9 Å². The van der Waals surface area contributed by atoms with Crippen molar-refractivity contribution < 1.29 is 0 Å². The van der Waals surface area contributed by atoms with Gasteiger partial charge in [0.1, 0.15) is 0 Å². The summed E-state index contributed by atoms with van der Waals surface area (Å²) in [5.41, 5.74) is 1.45. The molecule has 0 aliphatic heterocycles. The van der Waals surface area contributed by atoms with E-state index < -0.39 is 0 Å². The summed E-state index contributed by atoms with van der Waals surface area (Å²) in [6.07, 6.45) is 0. The molecule has 0 heterocycles. The van der Waals surface area contributed by atoms with Gasteiger partial charge in [-0.25, -0.2) is 0 Å². The van der Waals surface area contributed by atoms with Gasteiger partial charge < -0.3 is 0 Å². The van der Waals surface area contributed by atoms with Gasteiger partial charge in [0.15, 0.2) is 0 Å². The van der Waals surface area contributed by atoms with Crippen molar-refractivity contribution in [2.45, 2.75) is 34.1 Å². The van der Waals surface area contributed by atoms with Crippen LogP contribution >= 0.6 is 0 Å². The van der Waals surface area contributed by atoms with Crippen molar-refractivity contribution in [3.63, 3.8) is 0 Å². The number of rotatable bonds is 2. The summed E-state index contributed by atoms with van der Waals surface area (Å²) in [5, 5.41) is 0. The standard InChI is InChI=1S/C11H16.CH4/c1-9(2)10(3)11-7-5-4-6-8-11;/h4-10H,1-3H3;1H4/t10-;/m0./s1. The summed E-state index contributed by atoms with van der Waals surface area (Å²) in [6.45, 7) is 6.80. The minimum absolute atomic E-state index is 0. The predicted molar refractivity (Wildman–Crippen MR) is 56.4 cm³/mol. The molecule has 1 aromatic carbocycles. The Bertz CT molecular complexity index is 199. The molecule has 0 saturated heterocycles. The van der Waals surface area contributed by atoms with Gasteiger partial charge in [0, 0.05) is 0 Å². The first-order chi connectivity index (χ1) is 5.22. The Morgan fingerprint density at radius 1 is 0.917 bits per heavy atom. The second-order valence-corrected chi connectivity index (χ2v) is 3.44. The molecular weight excluding hydrogens is 144 g/mol. The van der Waals surface area contributed by atoms with Crippen LogP contribution in [-0.2, 0) is 0 Å². The van der Waals surface area contributed by atoms with E-state index in [4.69, 9.17) is 0 Å². The van der Waals surface area contributed by atoms with Crippen molar-refractivity contribution in [3.8, 4) is 0 Å².